The van der Waals surface area contributed by atoms with Gasteiger partial charge in [0.25, 0.3) is 0 Å². The molecule has 0 unspecified atom stereocenters. The van der Waals surface area contributed by atoms with E-state index in [1.54, 1.807) is 13.2 Å². The Morgan fingerprint density at radius 3 is 2.43 bits per heavy atom. The van der Waals surface area contributed by atoms with E-state index in [-0.39, 0.29) is 5.91 Å². The number of anilines is 1. The minimum absolute atomic E-state index is 0.0193. The molecule has 1 fully saturated rings. The van der Waals surface area contributed by atoms with Crippen molar-refractivity contribution in [1.82, 2.24) is 24.6 Å². The number of aromatic nitrogens is 4. The predicted octanol–water partition coefficient (Wildman–Crippen LogP) is 2.35. The summed E-state index contributed by atoms with van der Waals surface area (Å²) in [5, 5.41) is 4.50. The molecule has 0 atom stereocenters. The summed E-state index contributed by atoms with van der Waals surface area (Å²) in [6, 6.07) is 7.62. The van der Waals surface area contributed by atoms with E-state index in [0.29, 0.717) is 13.1 Å². The summed E-state index contributed by atoms with van der Waals surface area (Å²) in [6.07, 6.45) is 3.47. The van der Waals surface area contributed by atoms with Crippen molar-refractivity contribution in [3.05, 3.63) is 47.4 Å². The van der Waals surface area contributed by atoms with E-state index < -0.39 is 0 Å². The topological polar surface area (TPSA) is 76.4 Å². The minimum atomic E-state index is 0.0193. The molecule has 2 aromatic heterocycles. The van der Waals surface area contributed by atoms with E-state index in [1.165, 1.54) is 0 Å². The Hall–Kier alpha value is -3.42. The molecule has 0 aliphatic carbocycles. The van der Waals surface area contributed by atoms with Gasteiger partial charge in [-0.05, 0) is 37.6 Å². The smallest absolute Gasteiger partial charge is 0.246 e. The predicted molar refractivity (Wildman–Crippen MR) is 117 cm³/mol. The number of piperazine rings is 1. The van der Waals surface area contributed by atoms with Gasteiger partial charge in [0.2, 0.25) is 5.91 Å². The van der Waals surface area contributed by atoms with Crippen LogP contribution in [-0.2, 0) is 11.8 Å². The van der Waals surface area contributed by atoms with Crippen LogP contribution in [-0.4, -0.2) is 63.8 Å². The first-order valence-electron chi connectivity index (χ1n) is 10.00. The molecule has 1 aliphatic heterocycles. The quantitative estimate of drug-likeness (QED) is 0.619. The Kier molecular flexibility index (Phi) is 5.39. The molecule has 1 aliphatic rings. The highest BCUT2D eigenvalue weighted by atomic mass is 16.5. The first-order valence-corrected chi connectivity index (χ1v) is 10.00. The lowest BCUT2D eigenvalue weighted by atomic mass is 10.2. The van der Waals surface area contributed by atoms with Crippen molar-refractivity contribution in [2.24, 2.45) is 7.05 Å². The van der Waals surface area contributed by atoms with Crippen molar-refractivity contribution in [1.29, 1.82) is 0 Å². The van der Waals surface area contributed by atoms with Gasteiger partial charge in [-0.1, -0.05) is 12.1 Å². The van der Waals surface area contributed by atoms with E-state index in [4.69, 9.17) is 4.74 Å². The third-order valence-corrected chi connectivity index (χ3v) is 5.37. The second-order valence-electron chi connectivity index (χ2n) is 7.42. The second-order valence-corrected chi connectivity index (χ2v) is 7.42. The third kappa shape index (κ3) is 3.85. The van der Waals surface area contributed by atoms with Crippen molar-refractivity contribution in [3.8, 4) is 5.75 Å². The van der Waals surface area contributed by atoms with Gasteiger partial charge in [0, 0.05) is 39.3 Å². The maximum Gasteiger partial charge on any atom is 0.246 e. The molecule has 3 heterocycles. The van der Waals surface area contributed by atoms with Gasteiger partial charge in [0.15, 0.2) is 5.82 Å². The fourth-order valence-corrected chi connectivity index (χ4v) is 3.77. The van der Waals surface area contributed by atoms with Gasteiger partial charge in [-0.25, -0.2) is 9.97 Å². The molecule has 0 spiro atoms. The van der Waals surface area contributed by atoms with Crippen LogP contribution in [0.1, 0.15) is 17.1 Å². The average molecular weight is 406 g/mol. The average Bonchev–Trinajstić information content (AvgIpc) is 3.05. The Bertz CT molecular complexity index is 1100. The van der Waals surface area contributed by atoms with Crippen LogP contribution in [0.5, 0.6) is 5.75 Å². The van der Waals surface area contributed by atoms with Crippen molar-refractivity contribution < 1.29 is 9.53 Å². The van der Waals surface area contributed by atoms with Crippen molar-refractivity contribution >= 4 is 28.8 Å². The van der Waals surface area contributed by atoms with Crippen molar-refractivity contribution in [2.45, 2.75) is 13.8 Å². The Morgan fingerprint density at radius 2 is 1.77 bits per heavy atom. The number of aryl methyl sites for hydroxylation is 3. The largest absolute Gasteiger partial charge is 0.497 e. The number of benzene rings is 1. The third-order valence-electron chi connectivity index (χ3n) is 5.37. The number of carbonyl (C=O) groups is 1. The van der Waals surface area contributed by atoms with Crippen LogP contribution >= 0.6 is 0 Å². The van der Waals surface area contributed by atoms with Crippen LogP contribution in [0.25, 0.3) is 17.1 Å². The maximum absolute atomic E-state index is 12.6. The Balaban J connectivity index is 1.44. The molecule has 1 amide bonds. The number of ether oxygens (including phenoxy) is 1. The van der Waals surface area contributed by atoms with Crippen LogP contribution in [0, 0.1) is 13.8 Å². The number of carbonyl (C=O) groups excluding carboxylic acids is 1. The lowest BCUT2D eigenvalue weighted by Crippen LogP contribution is -2.48. The molecule has 1 aromatic carbocycles. The number of amides is 1. The summed E-state index contributed by atoms with van der Waals surface area (Å²) in [5.41, 5.74) is 3.70. The van der Waals surface area contributed by atoms with Crippen LogP contribution in [0.4, 0.5) is 5.82 Å². The fourth-order valence-electron chi connectivity index (χ4n) is 3.77. The maximum atomic E-state index is 12.6. The van der Waals surface area contributed by atoms with E-state index in [9.17, 15) is 4.79 Å². The molecule has 30 heavy (non-hydrogen) atoms. The molecule has 1 saturated heterocycles. The van der Waals surface area contributed by atoms with Crippen LogP contribution in [0.3, 0.4) is 0 Å². The molecule has 8 nitrogen and oxygen atoms in total. The highest BCUT2D eigenvalue weighted by Gasteiger charge is 2.24. The number of hydrogen-bond acceptors (Lipinski definition) is 6. The van der Waals surface area contributed by atoms with Gasteiger partial charge >= 0.3 is 0 Å². The van der Waals surface area contributed by atoms with Gasteiger partial charge in [-0.15, -0.1) is 0 Å². The molecule has 0 bridgehead atoms. The van der Waals surface area contributed by atoms with Crippen LogP contribution < -0.4 is 9.64 Å². The summed E-state index contributed by atoms with van der Waals surface area (Å²) >= 11 is 0. The standard InChI is InChI=1S/C22H26N6O2/c1-15-20-21(26(3)25-15)22(24-16(2)23-20)28-13-11-27(12-14-28)19(29)10-7-17-5-8-18(30-4)9-6-17/h5-10H,11-14H2,1-4H3. The molecule has 0 radical (unpaired) electrons. The van der Waals surface area contributed by atoms with E-state index >= 15 is 0 Å². The first kappa shape index (κ1) is 19.9. The molecular formula is C22H26N6O2. The number of hydrogen-bond donors (Lipinski definition) is 0. The zero-order valence-electron chi connectivity index (χ0n) is 17.8. The highest BCUT2D eigenvalue weighted by Crippen LogP contribution is 2.26. The molecule has 0 N–H and O–H groups in total. The molecule has 3 aromatic rings. The van der Waals surface area contributed by atoms with Gasteiger partial charge in [-0.3, -0.25) is 9.48 Å². The molecule has 8 heteroatoms. The number of rotatable bonds is 4. The monoisotopic (exact) mass is 406 g/mol. The lowest BCUT2D eigenvalue weighted by Gasteiger charge is -2.35. The summed E-state index contributed by atoms with van der Waals surface area (Å²) in [6.45, 7) is 6.60. The summed E-state index contributed by atoms with van der Waals surface area (Å²) in [5.74, 6) is 2.44. The summed E-state index contributed by atoms with van der Waals surface area (Å²) in [4.78, 5) is 25.9. The zero-order chi connectivity index (χ0) is 21.3. The van der Waals surface area contributed by atoms with Gasteiger partial charge in [0.05, 0.1) is 12.8 Å². The highest BCUT2D eigenvalue weighted by molar-refractivity contribution is 5.92. The fraction of sp³-hybridized carbons (Fsp3) is 0.364. The SMILES string of the molecule is COc1ccc(C=CC(=O)N2CCN(c3nc(C)nc4c(C)nn(C)c34)CC2)cc1. The first-order chi connectivity index (χ1) is 14.5. The van der Waals surface area contributed by atoms with Crippen molar-refractivity contribution in [3.63, 3.8) is 0 Å². The second kappa shape index (κ2) is 8.14. The molecule has 4 rings (SSSR count). The van der Waals surface area contributed by atoms with Crippen molar-refractivity contribution in [2.75, 3.05) is 38.2 Å². The summed E-state index contributed by atoms with van der Waals surface area (Å²) < 4.78 is 7.00. The Labute approximate surface area is 175 Å². The lowest BCUT2D eigenvalue weighted by molar-refractivity contribution is -0.126. The minimum Gasteiger partial charge on any atom is -0.497 e. The van der Waals surface area contributed by atoms with Crippen LogP contribution in [0.15, 0.2) is 30.3 Å². The Morgan fingerprint density at radius 1 is 1.07 bits per heavy atom. The zero-order valence-corrected chi connectivity index (χ0v) is 17.8. The number of methoxy groups -OCH3 is 1. The number of nitrogens with zero attached hydrogens (tertiary/aromatic N) is 6. The molecule has 156 valence electrons. The normalized spacial score (nSPS) is 14.7. The number of fused-ring (bicyclic) bond motifs is 1. The van der Waals surface area contributed by atoms with E-state index in [0.717, 1.165) is 52.8 Å². The van der Waals surface area contributed by atoms with E-state index in [2.05, 4.69) is 20.0 Å². The summed E-state index contributed by atoms with van der Waals surface area (Å²) in [7, 11) is 3.55. The van der Waals surface area contributed by atoms with Gasteiger partial charge in [-0.2, -0.15) is 5.10 Å². The van der Waals surface area contributed by atoms with Gasteiger partial charge < -0.3 is 14.5 Å². The van der Waals surface area contributed by atoms with E-state index in [1.807, 2.05) is 60.8 Å². The van der Waals surface area contributed by atoms with Gasteiger partial charge in [0.1, 0.15) is 22.6 Å². The molecular weight excluding hydrogens is 380 g/mol. The molecule has 0 saturated carbocycles. The van der Waals surface area contributed by atoms with Crippen LogP contribution in [0.2, 0.25) is 0 Å².